The van der Waals surface area contributed by atoms with Crippen molar-refractivity contribution in [2.24, 2.45) is 0 Å². The summed E-state index contributed by atoms with van der Waals surface area (Å²) in [5.41, 5.74) is 1.37. The Balaban J connectivity index is 1.70. The summed E-state index contributed by atoms with van der Waals surface area (Å²) in [4.78, 5) is 36.7. The second-order valence-corrected chi connectivity index (χ2v) is 8.43. The third-order valence-corrected chi connectivity index (χ3v) is 6.43. The molecule has 0 aromatic carbocycles. The molecule has 2 aromatic heterocycles. The highest BCUT2D eigenvalue weighted by molar-refractivity contribution is 8.00. The zero-order valence-electron chi connectivity index (χ0n) is 14.7. The van der Waals surface area contributed by atoms with Gasteiger partial charge in [-0.1, -0.05) is 11.8 Å². The second-order valence-electron chi connectivity index (χ2n) is 6.38. The molecule has 25 heavy (non-hydrogen) atoms. The van der Waals surface area contributed by atoms with E-state index in [1.807, 2.05) is 0 Å². The van der Waals surface area contributed by atoms with E-state index in [9.17, 15) is 9.59 Å². The van der Waals surface area contributed by atoms with Crippen molar-refractivity contribution in [1.82, 2.24) is 20.2 Å². The molecule has 1 aliphatic carbocycles. The second kappa shape index (κ2) is 7.70. The lowest BCUT2D eigenvalue weighted by molar-refractivity contribution is -0.133. The molecule has 1 N–H and O–H groups in total. The Bertz CT molecular complexity index is 803. The lowest BCUT2D eigenvalue weighted by atomic mass is 9.97. The van der Waals surface area contributed by atoms with Crippen LogP contribution in [0.1, 0.15) is 30.2 Å². The summed E-state index contributed by atoms with van der Waals surface area (Å²) >= 11 is 3.17. The van der Waals surface area contributed by atoms with Crippen LogP contribution in [0, 0.1) is 0 Å². The van der Waals surface area contributed by atoms with Gasteiger partial charge in [-0.3, -0.25) is 9.59 Å². The zero-order valence-corrected chi connectivity index (χ0v) is 16.3. The van der Waals surface area contributed by atoms with Crippen molar-refractivity contribution in [3.63, 3.8) is 0 Å². The summed E-state index contributed by atoms with van der Waals surface area (Å²) in [7, 11) is 3.36. The molecule has 1 unspecified atom stereocenters. The normalized spacial score (nSPS) is 14.8. The van der Waals surface area contributed by atoms with Gasteiger partial charge in [0.25, 0.3) is 0 Å². The van der Waals surface area contributed by atoms with Crippen molar-refractivity contribution < 1.29 is 9.59 Å². The largest absolute Gasteiger partial charge is 0.347 e. The average molecular weight is 379 g/mol. The maximum atomic E-state index is 12.2. The highest BCUT2D eigenvalue weighted by atomic mass is 32.2. The van der Waals surface area contributed by atoms with Gasteiger partial charge in [-0.25, -0.2) is 9.97 Å². The average Bonchev–Trinajstić information content (AvgIpc) is 2.98. The maximum Gasteiger partial charge on any atom is 0.244 e. The van der Waals surface area contributed by atoms with E-state index < -0.39 is 6.04 Å². The number of nitrogens with zero attached hydrogens (tertiary/aromatic N) is 3. The number of carbonyl (C=O) groups excluding carboxylic acids is 2. The van der Waals surface area contributed by atoms with Gasteiger partial charge in [-0.2, -0.15) is 0 Å². The van der Waals surface area contributed by atoms with Gasteiger partial charge in [-0.15, -0.1) is 11.3 Å². The number of nitrogens with one attached hydrogen (secondary N) is 1. The minimum absolute atomic E-state index is 0.116. The molecule has 0 aliphatic heterocycles. The molecule has 0 saturated heterocycles. The molecule has 6 nitrogen and oxygen atoms in total. The van der Waals surface area contributed by atoms with Crippen molar-refractivity contribution in [2.45, 2.75) is 43.7 Å². The van der Waals surface area contributed by atoms with E-state index in [1.165, 1.54) is 39.9 Å². The van der Waals surface area contributed by atoms with Crippen LogP contribution in [0.3, 0.4) is 0 Å². The Morgan fingerprint density at radius 2 is 2.08 bits per heavy atom. The molecule has 0 radical (unpaired) electrons. The van der Waals surface area contributed by atoms with Gasteiger partial charge in [0.2, 0.25) is 11.8 Å². The topological polar surface area (TPSA) is 75.2 Å². The zero-order chi connectivity index (χ0) is 18.0. The first kappa shape index (κ1) is 18.1. The Morgan fingerprint density at radius 3 is 2.84 bits per heavy atom. The Morgan fingerprint density at radius 1 is 1.32 bits per heavy atom. The van der Waals surface area contributed by atoms with E-state index in [1.54, 1.807) is 38.7 Å². The van der Waals surface area contributed by atoms with Crippen molar-refractivity contribution in [1.29, 1.82) is 0 Å². The molecule has 0 fully saturated rings. The third-order valence-electron chi connectivity index (χ3n) is 4.25. The van der Waals surface area contributed by atoms with Crippen LogP contribution in [0.2, 0.25) is 0 Å². The number of fused-ring (bicyclic) bond motifs is 3. The molecule has 0 bridgehead atoms. The van der Waals surface area contributed by atoms with E-state index >= 15 is 0 Å². The van der Waals surface area contributed by atoms with Crippen LogP contribution >= 0.6 is 23.1 Å². The van der Waals surface area contributed by atoms with Gasteiger partial charge in [0.15, 0.2) is 0 Å². The molecule has 0 spiro atoms. The van der Waals surface area contributed by atoms with Gasteiger partial charge in [0, 0.05) is 24.4 Å². The quantitative estimate of drug-likeness (QED) is 0.638. The Kier molecular flexibility index (Phi) is 5.58. The summed E-state index contributed by atoms with van der Waals surface area (Å²) in [5, 5.41) is 4.73. The van der Waals surface area contributed by atoms with E-state index in [2.05, 4.69) is 15.3 Å². The van der Waals surface area contributed by atoms with E-state index in [-0.39, 0.29) is 17.6 Å². The van der Waals surface area contributed by atoms with Crippen molar-refractivity contribution >= 4 is 45.1 Å². The minimum Gasteiger partial charge on any atom is -0.347 e. The van der Waals surface area contributed by atoms with Gasteiger partial charge in [0.1, 0.15) is 22.2 Å². The van der Waals surface area contributed by atoms with Crippen LogP contribution in [0.25, 0.3) is 10.2 Å². The smallest absolute Gasteiger partial charge is 0.244 e. The fourth-order valence-corrected chi connectivity index (χ4v) is 5.17. The predicted octanol–water partition coefficient (Wildman–Crippen LogP) is 2.26. The molecule has 0 saturated carbocycles. The summed E-state index contributed by atoms with van der Waals surface area (Å²) in [6.07, 6.45) is 6.18. The van der Waals surface area contributed by atoms with Crippen LogP contribution in [-0.2, 0) is 22.4 Å². The van der Waals surface area contributed by atoms with E-state index in [4.69, 9.17) is 0 Å². The number of aromatic nitrogens is 2. The number of likely N-dealkylation sites (N-methyl/N-ethyl adjacent to an activating group) is 1. The number of thiophene rings is 1. The third kappa shape index (κ3) is 3.95. The lowest BCUT2D eigenvalue weighted by Crippen LogP contribution is -2.44. The lowest BCUT2D eigenvalue weighted by Gasteiger charge is -2.17. The maximum absolute atomic E-state index is 12.2. The number of rotatable bonds is 5. The molecule has 2 amide bonds. The van der Waals surface area contributed by atoms with Crippen LogP contribution in [0.15, 0.2) is 11.4 Å². The SMILES string of the molecule is CC(NC(=O)CSc1ncnc2sc3c(c12)CCCC3)C(=O)N(C)C. The highest BCUT2D eigenvalue weighted by Crippen LogP contribution is 2.39. The summed E-state index contributed by atoms with van der Waals surface area (Å²) in [6, 6.07) is -0.526. The molecule has 1 aliphatic rings. The first-order valence-corrected chi connectivity index (χ1v) is 10.2. The first-order valence-electron chi connectivity index (χ1n) is 8.36. The fraction of sp³-hybridized carbons (Fsp3) is 0.529. The molecule has 2 heterocycles. The standard InChI is InChI=1S/C17H22N4O2S2/c1-10(17(23)21(2)3)20-13(22)8-24-15-14-11-6-4-5-7-12(11)25-16(14)19-9-18-15/h9-10H,4-8H2,1-3H3,(H,20,22). The molecule has 134 valence electrons. The van der Waals surface area contributed by atoms with Crippen molar-refractivity contribution in [2.75, 3.05) is 19.8 Å². The molecular weight excluding hydrogens is 356 g/mol. The minimum atomic E-state index is -0.526. The molecule has 1 atom stereocenters. The number of thioether (sulfide) groups is 1. The van der Waals surface area contributed by atoms with Gasteiger partial charge >= 0.3 is 0 Å². The molecule has 3 rings (SSSR count). The van der Waals surface area contributed by atoms with Crippen LogP contribution in [0.4, 0.5) is 0 Å². The number of aryl methyl sites for hydroxylation is 2. The van der Waals surface area contributed by atoms with Crippen LogP contribution in [0.5, 0.6) is 0 Å². The van der Waals surface area contributed by atoms with Crippen LogP contribution in [-0.4, -0.2) is 52.6 Å². The van der Waals surface area contributed by atoms with Gasteiger partial charge in [0.05, 0.1) is 5.75 Å². The highest BCUT2D eigenvalue weighted by Gasteiger charge is 2.21. The van der Waals surface area contributed by atoms with Crippen LogP contribution < -0.4 is 5.32 Å². The van der Waals surface area contributed by atoms with Gasteiger partial charge in [-0.05, 0) is 38.2 Å². The van der Waals surface area contributed by atoms with Crippen molar-refractivity contribution in [3.05, 3.63) is 16.8 Å². The molecule has 8 heteroatoms. The number of amides is 2. The predicted molar refractivity (Wildman–Crippen MR) is 101 cm³/mol. The number of carbonyl (C=O) groups is 2. The van der Waals surface area contributed by atoms with E-state index in [0.717, 1.165) is 28.1 Å². The monoisotopic (exact) mass is 378 g/mol. The summed E-state index contributed by atoms with van der Waals surface area (Å²) in [6.45, 7) is 1.70. The fourth-order valence-electron chi connectivity index (χ4n) is 3.04. The van der Waals surface area contributed by atoms with E-state index in [0.29, 0.717) is 0 Å². The van der Waals surface area contributed by atoms with Crippen molar-refractivity contribution in [3.8, 4) is 0 Å². The summed E-state index contributed by atoms with van der Waals surface area (Å²) in [5.74, 6) is -0.0415. The first-order chi connectivity index (χ1) is 12.0. The molecule has 2 aromatic rings. The van der Waals surface area contributed by atoms with Gasteiger partial charge < -0.3 is 10.2 Å². The number of hydrogen-bond acceptors (Lipinski definition) is 6. The summed E-state index contributed by atoms with van der Waals surface area (Å²) < 4.78 is 0. The molecular formula is C17H22N4O2S2. The number of hydrogen-bond donors (Lipinski definition) is 1. The Labute approximate surface area is 155 Å². The Hall–Kier alpha value is -1.67.